The third-order valence-corrected chi connectivity index (χ3v) is 3.35. The number of rotatable bonds is 5. The van der Waals surface area contributed by atoms with Gasteiger partial charge in [-0.25, -0.2) is 13.4 Å². The van der Waals surface area contributed by atoms with Crippen molar-refractivity contribution in [3.05, 3.63) is 12.0 Å². The van der Waals surface area contributed by atoms with Crippen molar-refractivity contribution in [1.82, 2.24) is 14.7 Å². The van der Waals surface area contributed by atoms with Crippen LogP contribution in [0, 0.1) is 6.92 Å². The van der Waals surface area contributed by atoms with Crippen LogP contribution in [-0.4, -0.2) is 35.5 Å². The number of hydrogen-bond donors (Lipinski definition) is 3. The van der Waals surface area contributed by atoms with E-state index in [0.29, 0.717) is 5.82 Å². The lowest BCUT2D eigenvalue weighted by atomic mass is 10.2. The molecule has 1 unspecified atom stereocenters. The Hall–Kier alpha value is -1.41. The van der Waals surface area contributed by atoms with Crippen molar-refractivity contribution in [2.45, 2.75) is 31.3 Å². The molecule has 1 rings (SSSR count). The van der Waals surface area contributed by atoms with Crippen molar-refractivity contribution in [1.29, 1.82) is 0 Å². The Labute approximate surface area is 93.0 Å². The molecule has 0 bridgehead atoms. The molecule has 3 N–H and O–H groups in total. The summed E-state index contributed by atoms with van der Waals surface area (Å²) >= 11 is 0. The molecule has 0 aromatic carbocycles. The van der Waals surface area contributed by atoms with Gasteiger partial charge in [-0.05, 0) is 13.3 Å². The molecule has 0 saturated heterocycles. The number of carbonyl (C=O) groups is 1. The zero-order valence-corrected chi connectivity index (χ0v) is 9.71. The van der Waals surface area contributed by atoms with E-state index < -0.39 is 22.0 Å². The van der Waals surface area contributed by atoms with E-state index in [1.54, 1.807) is 13.8 Å². The van der Waals surface area contributed by atoms with Crippen LogP contribution >= 0.6 is 0 Å². The number of hydrogen-bond acceptors (Lipinski definition) is 4. The molecule has 0 aliphatic carbocycles. The maximum Gasteiger partial charge on any atom is 0.321 e. The van der Waals surface area contributed by atoms with Crippen LogP contribution in [0.15, 0.2) is 11.2 Å². The van der Waals surface area contributed by atoms with Gasteiger partial charge in [0.15, 0.2) is 5.03 Å². The molecule has 1 heterocycles. The summed E-state index contributed by atoms with van der Waals surface area (Å²) in [4.78, 5) is 17.0. The molecule has 0 aliphatic heterocycles. The molecule has 0 spiro atoms. The number of nitrogens with one attached hydrogen (secondary N) is 2. The Morgan fingerprint density at radius 1 is 1.69 bits per heavy atom. The maximum absolute atomic E-state index is 11.7. The minimum Gasteiger partial charge on any atom is -0.480 e. The second-order valence-corrected chi connectivity index (χ2v) is 4.94. The fourth-order valence-electron chi connectivity index (χ4n) is 1.09. The first-order valence-corrected chi connectivity index (χ1v) is 6.12. The Balaban J connectivity index is 2.91. The van der Waals surface area contributed by atoms with Gasteiger partial charge in [0, 0.05) is 0 Å². The van der Waals surface area contributed by atoms with E-state index in [1.165, 1.54) is 0 Å². The van der Waals surface area contributed by atoms with Gasteiger partial charge in [-0.3, -0.25) is 4.79 Å². The minimum atomic E-state index is -3.84. The average molecular weight is 247 g/mol. The molecule has 0 radical (unpaired) electrons. The van der Waals surface area contributed by atoms with Crippen LogP contribution in [0.25, 0.3) is 0 Å². The normalized spacial score (nSPS) is 13.6. The molecule has 1 atom stereocenters. The highest BCUT2D eigenvalue weighted by Crippen LogP contribution is 2.06. The van der Waals surface area contributed by atoms with Gasteiger partial charge in [-0.15, -0.1) is 0 Å². The van der Waals surface area contributed by atoms with E-state index in [0.717, 1.165) is 6.20 Å². The van der Waals surface area contributed by atoms with E-state index in [-0.39, 0.29) is 11.4 Å². The SMILES string of the molecule is CCC(NS(=O)(=O)c1cnc(C)[nH]1)C(=O)O. The lowest BCUT2D eigenvalue weighted by molar-refractivity contribution is -0.139. The first-order valence-electron chi connectivity index (χ1n) is 4.63. The predicted octanol–water partition coefficient (Wildman–Crippen LogP) is -0.140. The van der Waals surface area contributed by atoms with E-state index in [4.69, 9.17) is 5.11 Å². The number of aromatic amines is 1. The van der Waals surface area contributed by atoms with E-state index in [2.05, 4.69) is 14.7 Å². The molecule has 0 aliphatic rings. The lowest BCUT2D eigenvalue weighted by Gasteiger charge is -2.11. The highest BCUT2D eigenvalue weighted by atomic mass is 32.2. The Morgan fingerprint density at radius 2 is 2.31 bits per heavy atom. The highest BCUT2D eigenvalue weighted by Gasteiger charge is 2.24. The second-order valence-electron chi connectivity index (χ2n) is 3.25. The van der Waals surface area contributed by atoms with Crippen molar-refractivity contribution in [2.75, 3.05) is 0 Å². The first-order chi connectivity index (χ1) is 7.36. The molecule has 0 saturated carbocycles. The van der Waals surface area contributed by atoms with Gasteiger partial charge in [-0.2, -0.15) is 4.72 Å². The number of sulfonamides is 1. The Morgan fingerprint density at radius 3 is 2.69 bits per heavy atom. The number of nitrogens with zero attached hydrogens (tertiary/aromatic N) is 1. The zero-order chi connectivity index (χ0) is 12.3. The number of carboxylic acid groups (broad SMARTS) is 1. The topological polar surface area (TPSA) is 112 Å². The van der Waals surface area contributed by atoms with E-state index in [9.17, 15) is 13.2 Å². The number of H-pyrrole nitrogens is 1. The van der Waals surface area contributed by atoms with Crippen LogP contribution in [0.1, 0.15) is 19.2 Å². The molecular formula is C8H13N3O4S. The predicted molar refractivity (Wildman–Crippen MR) is 55.4 cm³/mol. The summed E-state index contributed by atoms with van der Waals surface area (Å²) in [7, 11) is -3.84. The third-order valence-electron chi connectivity index (χ3n) is 1.97. The second kappa shape index (κ2) is 4.62. The number of aryl methyl sites for hydroxylation is 1. The molecular weight excluding hydrogens is 234 g/mol. The van der Waals surface area contributed by atoms with Crippen LogP contribution in [0.2, 0.25) is 0 Å². The molecule has 0 amide bonds. The van der Waals surface area contributed by atoms with Gasteiger partial charge in [0.05, 0.1) is 6.20 Å². The number of aromatic nitrogens is 2. The van der Waals surface area contributed by atoms with Gasteiger partial charge in [0.2, 0.25) is 0 Å². The smallest absolute Gasteiger partial charge is 0.321 e. The highest BCUT2D eigenvalue weighted by molar-refractivity contribution is 7.89. The summed E-state index contributed by atoms with van der Waals surface area (Å²) in [6.45, 7) is 3.19. The van der Waals surface area contributed by atoms with E-state index >= 15 is 0 Å². The third kappa shape index (κ3) is 2.80. The summed E-state index contributed by atoms with van der Waals surface area (Å²) < 4.78 is 25.4. The summed E-state index contributed by atoms with van der Waals surface area (Å²) in [5.41, 5.74) is 0. The summed E-state index contributed by atoms with van der Waals surface area (Å²) in [6, 6.07) is -1.13. The molecule has 0 fully saturated rings. The molecule has 1 aromatic heterocycles. The Bertz CT molecular complexity index is 479. The van der Waals surface area contributed by atoms with Crippen LogP contribution in [0.5, 0.6) is 0 Å². The van der Waals surface area contributed by atoms with Gasteiger partial charge >= 0.3 is 5.97 Å². The number of aliphatic carboxylic acids is 1. The molecule has 1 aromatic rings. The Kier molecular flexibility index (Phi) is 3.66. The standard InChI is InChI=1S/C8H13N3O4S/c1-3-6(8(12)13)11-16(14,15)7-4-9-5(2)10-7/h4,6,11H,3H2,1-2H3,(H,9,10)(H,12,13). The van der Waals surface area contributed by atoms with Crippen LogP contribution in [0.3, 0.4) is 0 Å². The molecule has 8 heteroatoms. The van der Waals surface area contributed by atoms with Gasteiger partial charge < -0.3 is 10.1 Å². The fourth-order valence-corrected chi connectivity index (χ4v) is 2.34. The minimum absolute atomic E-state index is 0.135. The van der Waals surface area contributed by atoms with Crippen LogP contribution in [-0.2, 0) is 14.8 Å². The maximum atomic E-state index is 11.7. The van der Waals surface area contributed by atoms with Crippen LogP contribution in [0.4, 0.5) is 0 Å². The van der Waals surface area contributed by atoms with Crippen molar-refractivity contribution >= 4 is 16.0 Å². The van der Waals surface area contributed by atoms with Crippen LogP contribution < -0.4 is 4.72 Å². The largest absolute Gasteiger partial charge is 0.480 e. The number of carboxylic acids is 1. The van der Waals surface area contributed by atoms with Gasteiger partial charge in [0.25, 0.3) is 10.0 Å². The quantitative estimate of drug-likeness (QED) is 0.670. The van der Waals surface area contributed by atoms with Crippen molar-refractivity contribution in [3.63, 3.8) is 0 Å². The van der Waals surface area contributed by atoms with Gasteiger partial charge in [0.1, 0.15) is 11.9 Å². The van der Waals surface area contributed by atoms with Gasteiger partial charge in [-0.1, -0.05) is 6.92 Å². The monoisotopic (exact) mass is 247 g/mol. The summed E-state index contributed by atoms with van der Waals surface area (Å²) in [5.74, 6) is -0.758. The summed E-state index contributed by atoms with van der Waals surface area (Å²) in [6.07, 6.45) is 1.31. The molecule has 16 heavy (non-hydrogen) atoms. The van der Waals surface area contributed by atoms with Crippen molar-refractivity contribution in [2.24, 2.45) is 0 Å². The zero-order valence-electron chi connectivity index (χ0n) is 8.89. The molecule has 90 valence electrons. The first kappa shape index (κ1) is 12.7. The van der Waals surface area contributed by atoms with Crippen molar-refractivity contribution < 1.29 is 18.3 Å². The summed E-state index contributed by atoms with van der Waals surface area (Å²) in [5, 5.41) is 8.60. The fraction of sp³-hybridized carbons (Fsp3) is 0.500. The average Bonchev–Trinajstić information content (AvgIpc) is 2.61. The number of imidazole rings is 1. The lowest BCUT2D eigenvalue weighted by Crippen LogP contribution is -2.40. The van der Waals surface area contributed by atoms with Crippen molar-refractivity contribution in [3.8, 4) is 0 Å². The van der Waals surface area contributed by atoms with E-state index in [1.807, 2.05) is 0 Å². The molecule has 7 nitrogen and oxygen atoms in total.